The Morgan fingerprint density at radius 2 is 1.76 bits per heavy atom. The zero-order valence-electron chi connectivity index (χ0n) is 19.5. The second-order valence-corrected chi connectivity index (χ2v) is 8.99. The molecule has 0 bridgehead atoms. The van der Waals surface area contributed by atoms with Crippen LogP contribution in [0.15, 0.2) is 48.5 Å². The van der Waals surface area contributed by atoms with E-state index in [1.54, 1.807) is 11.8 Å². The lowest BCUT2D eigenvalue weighted by atomic mass is 10.0. The minimum absolute atomic E-state index is 0.101. The van der Waals surface area contributed by atoms with Crippen molar-refractivity contribution in [3.63, 3.8) is 0 Å². The number of rotatable bonds is 8. The number of likely N-dealkylation sites (tertiary alicyclic amines) is 1. The minimum Gasteiger partial charge on any atom is -0.497 e. The summed E-state index contributed by atoms with van der Waals surface area (Å²) in [5.41, 5.74) is 4.53. The molecule has 0 saturated carbocycles. The Kier molecular flexibility index (Phi) is 7.36. The molecule has 174 valence electrons. The van der Waals surface area contributed by atoms with Crippen LogP contribution in [0.25, 0.3) is 0 Å². The van der Waals surface area contributed by atoms with Crippen LogP contribution in [0.2, 0.25) is 5.15 Å². The summed E-state index contributed by atoms with van der Waals surface area (Å²) in [6.45, 7) is 6.97. The Labute approximate surface area is 200 Å². The van der Waals surface area contributed by atoms with E-state index in [-0.39, 0.29) is 11.9 Å². The largest absolute Gasteiger partial charge is 0.497 e. The number of ether oxygens (including phenoxy) is 1. The Balaban J connectivity index is 1.49. The van der Waals surface area contributed by atoms with Crippen molar-refractivity contribution in [2.45, 2.75) is 39.3 Å². The maximum atomic E-state index is 13.2. The summed E-state index contributed by atoms with van der Waals surface area (Å²) in [7, 11) is 1.66. The first-order chi connectivity index (χ1) is 16.0. The number of hydrogen-bond acceptors (Lipinski definition) is 4. The minimum atomic E-state index is -0.189. The third-order valence-electron chi connectivity index (χ3n) is 6.28. The maximum absolute atomic E-state index is 13.2. The lowest BCUT2D eigenvalue weighted by Crippen LogP contribution is -2.37. The van der Waals surface area contributed by atoms with Crippen molar-refractivity contribution in [3.05, 3.63) is 81.6 Å². The number of carbonyl (C=O) groups is 1. The number of carbonyl (C=O) groups excluding carboxylic acids is 1. The summed E-state index contributed by atoms with van der Waals surface area (Å²) in [6, 6.07) is 16.4. The normalized spacial score (nSPS) is 14.9. The van der Waals surface area contributed by atoms with E-state index in [9.17, 15) is 4.79 Å². The highest BCUT2D eigenvalue weighted by Crippen LogP contribution is 2.27. The standard InChI is InChI=1S/C26H31ClN4O2/c1-18-6-8-20(9-7-18)17-31-25(27)24(19(2)29-31)26(32)28-16-23(30-14-4-5-15-30)21-10-12-22(33-3)13-11-21/h6-13,23H,4-5,14-17H2,1-3H3,(H,28,32)/t23-/m0/s1. The molecule has 0 aliphatic carbocycles. The van der Waals surface area contributed by atoms with Crippen molar-refractivity contribution >= 4 is 17.5 Å². The van der Waals surface area contributed by atoms with Gasteiger partial charge in [0.2, 0.25) is 0 Å². The van der Waals surface area contributed by atoms with Crippen LogP contribution >= 0.6 is 11.6 Å². The third kappa shape index (κ3) is 5.40. The molecule has 6 nitrogen and oxygen atoms in total. The van der Waals surface area contributed by atoms with E-state index in [4.69, 9.17) is 16.3 Å². The van der Waals surface area contributed by atoms with E-state index < -0.39 is 0 Å². The Bertz CT molecular complexity index is 1090. The molecule has 4 rings (SSSR count). The SMILES string of the molecule is COc1ccc([C@H](CNC(=O)c2c(C)nn(Cc3ccc(C)cc3)c2Cl)N2CCCC2)cc1. The number of amides is 1. The van der Waals surface area contributed by atoms with Gasteiger partial charge in [0, 0.05) is 6.54 Å². The molecule has 7 heteroatoms. The van der Waals surface area contributed by atoms with Crippen molar-refractivity contribution < 1.29 is 9.53 Å². The van der Waals surface area contributed by atoms with Crippen LogP contribution in [-0.4, -0.2) is 47.3 Å². The topological polar surface area (TPSA) is 59.4 Å². The van der Waals surface area contributed by atoms with Crippen LogP contribution in [0.4, 0.5) is 0 Å². The van der Waals surface area contributed by atoms with E-state index in [0.717, 1.165) is 30.0 Å². The van der Waals surface area contributed by atoms with Crippen LogP contribution in [0.3, 0.4) is 0 Å². The molecule has 1 fully saturated rings. The lowest BCUT2D eigenvalue weighted by molar-refractivity contribution is 0.0937. The van der Waals surface area contributed by atoms with Crippen LogP contribution in [0.1, 0.15) is 51.6 Å². The van der Waals surface area contributed by atoms with Crippen LogP contribution < -0.4 is 10.1 Å². The summed E-state index contributed by atoms with van der Waals surface area (Å²) in [5.74, 6) is 0.636. The van der Waals surface area contributed by atoms with Gasteiger partial charge in [-0.3, -0.25) is 9.69 Å². The number of aryl methyl sites for hydroxylation is 2. The van der Waals surface area contributed by atoms with E-state index in [1.807, 2.05) is 19.1 Å². The van der Waals surface area contributed by atoms with E-state index in [0.29, 0.717) is 29.5 Å². The molecule has 1 N–H and O–H groups in total. The van der Waals surface area contributed by atoms with Crippen LogP contribution in [-0.2, 0) is 6.54 Å². The van der Waals surface area contributed by atoms with Crippen LogP contribution in [0.5, 0.6) is 5.75 Å². The summed E-state index contributed by atoms with van der Waals surface area (Å²) in [6.07, 6.45) is 2.36. The average molecular weight is 467 g/mol. The summed E-state index contributed by atoms with van der Waals surface area (Å²) in [5, 5.41) is 8.02. The Morgan fingerprint density at radius 1 is 1.09 bits per heavy atom. The quantitative estimate of drug-likeness (QED) is 0.519. The fraction of sp³-hybridized carbons (Fsp3) is 0.385. The smallest absolute Gasteiger partial charge is 0.256 e. The fourth-order valence-corrected chi connectivity index (χ4v) is 4.72. The summed E-state index contributed by atoms with van der Waals surface area (Å²) < 4.78 is 6.99. The van der Waals surface area contributed by atoms with Gasteiger partial charge in [0.05, 0.1) is 31.0 Å². The van der Waals surface area contributed by atoms with Crippen molar-refractivity contribution in [1.82, 2.24) is 20.0 Å². The highest BCUT2D eigenvalue weighted by molar-refractivity contribution is 6.33. The number of halogens is 1. The maximum Gasteiger partial charge on any atom is 0.256 e. The lowest BCUT2D eigenvalue weighted by Gasteiger charge is -2.28. The number of aromatic nitrogens is 2. The molecule has 1 aliphatic heterocycles. The Hall–Kier alpha value is -2.83. The predicted octanol–water partition coefficient (Wildman–Crippen LogP) is 4.78. The number of nitrogens with zero attached hydrogens (tertiary/aromatic N) is 3. The highest BCUT2D eigenvalue weighted by Gasteiger charge is 2.26. The number of hydrogen-bond donors (Lipinski definition) is 1. The van der Waals surface area contributed by atoms with E-state index in [2.05, 4.69) is 58.6 Å². The fourth-order valence-electron chi connectivity index (χ4n) is 4.40. The van der Waals surface area contributed by atoms with Crippen molar-refractivity contribution in [3.8, 4) is 5.75 Å². The Morgan fingerprint density at radius 3 is 2.39 bits per heavy atom. The van der Waals surface area contributed by atoms with Gasteiger partial charge in [0.1, 0.15) is 10.9 Å². The van der Waals surface area contributed by atoms with Gasteiger partial charge in [-0.1, -0.05) is 53.6 Å². The van der Waals surface area contributed by atoms with E-state index >= 15 is 0 Å². The zero-order valence-corrected chi connectivity index (χ0v) is 20.2. The van der Waals surface area contributed by atoms with Gasteiger partial charge >= 0.3 is 0 Å². The molecule has 0 radical (unpaired) electrons. The molecule has 3 aromatic rings. The number of methoxy groups -OCH3 is 1. The summed E-state index contributed by atoms with van der Waals surface area (Å²) >= 11 is 6.61. The molecular formula is C26H31ClN4O2. The van der Waals surface area contributed by atoms with Gasteiger partial charge in [-0.25, -0.2) is 4.68 Å². The molecular weight excluding hydrogens is 436 g/mol. The molecule has 1 amide bonds. The molecule has 2 aromatic carbocycles. The first-order valence-electron chi connectivity index (χ1n) is 11.4. The van der Waals surface area contributed by atoms with Gasteiger partial charge in [0.15, 0.2) is 0 Å². The van der Waals surface area contributed by atoms with Gasteiger partial charge in [-0.05, 0) is 63.0 Å². The van der Waals surface area contributed by atoms with Crippen molar-refractivity contribution in [2.24, 2.45) is 0 Å². The second kappa shape index (κ2) is 10.4. The van der Waals surface area contributed by atoms with Crippen LogP contribution in [0, 0.1) is 13.8 Å². The first-order valence-corrected chi connectivity index (χ1v) is 11.8. The third-order valence-corrected chi connectivity index (χ3v) is 6.67. The molecule has 1 aromatic heterocycles. The average Bonchev–Trinajstić information content (AvgIpc) is 3.44. The molecule has 1 aliphatic rings. The van der Waals surface area contributed by atoms with Gasteiger partial charge in [-0.15, -0.1) is 0 Å². The molecule has 1 saturated heterocycles. The molecule has 0 spiro atoms. The monoisotopic (exact) mass is 466 g/mol. The van der Waals surface area contributed by atoms with Gasteiger partial charge in [-0.2, -0.15) is 5.10 Å². The molecule has 1 atom stereocenters. The van der Waals surface area contributed by atoms with Gasteiger partial charge in [0.25, 0.3) is 5.91 Å². The van der Waals surface area contributed by atoms with Crippen molar-refractivity contribution in [2.75, 3.05) is 26.7 Å². The number of benzene rings is 2. The predicted molar refractivity (Wildman–Crippen MR) is 131 cm³/mol. The van der Waals surface area contributed by atoms with Crippen molar-refractivity contribution in [1.29, 1.82) is 0 Å². The van der Waals surface area contributed by atoms with Gasteiger partial charge < -0.3 is 10.1 Å². The molecule has 0 unspecified atom stereocenters. The first kappa shape index (κ1) is 23.3. The highest BCUT2D eigenvalue weighted by atomic mass is 35.5. The van der Waals surface area contributed by atoms with E-state index in [1.165, 1.54) is 18.4 Å². The number of nitrogens with one attached hydrogen (secondary N) is 1. The molecule has 33 heavy (non-hydrogen) atoms. The second-order valence-electron chi connectivity index (χ2n) is 8.64. The zero-order chi connectivity index (χ0) is 23.4. The summed E-state index contributed by atoms with van der Waals surface area (Å²) in [4.78, 5) is 15.6. The molecule has 2 heterocycles.